The van der Waals surface area contributed by atoms with Gasteiger partial charge in [-0.1, -0.05) is 24.3 Å². The van der Waals surface area contributed by atoms with E-state index in [4.69, 9.17) is 0 Å². The number of halogens is 7. The van der Waals surface area contributed by atoms with Crippen LogP contribution in [0.3, 0.4) is 0 Å². The molecular formula is C21H14F7N5O. The molecule has 1 N–H and O–H groups in total. The first-order valence-corrected chi connectivity index (χ1v) is 9.57. The molecule has 4 rings (SSSR count). The summed E-state index contributed by atoms with van der Waals surface area (Å²) in [5.41, 5.74) is 0.0954. The Morgan fingerprint density at radius 1 is 0.912 bits per heavy atom. The van der Waals surface area contributed by atoms with E-state index in [-0.39, 0.29) is 34.9 Å². The van der Waals surface area contributed by atoms with Crippen molar-refractivity contribution in [3.05, 3.63) is 71.4 Å². The zero-order valence-electron chi connectivity index (χ0n) is 17.2. The first kappa shape index (κ1) is 23.3. The van der Waals surface area contributed by atoms with Crippen LogP contribution in [0, 0.1) is 5.82 Å². The number of para-hydroxylation sites is 1. The number of fused-ring (bicyclic) bond motifs is 1. The van der Waals surface area contributed by atoms with E-state index in [2.05, 4.69) is 25.0 Å². The number of aromatic nitrogens is 4. The Morgan fingerprint density at radius 3 is 2.21 bits per heavy atom. The van der Waals surface area contributed by atoms with Crippen molar-refractivity contribution in [3.8, 4) is 5.75 Å². The van der Waals surface area contributed by atoms with Gasteiger partial charge in [0.25, 0.3) is 0 Å². The predicted molar refractivity (Wildman–Crippen MR) is 107 cm³/mol. The Labute approximate surface area is 187 Å². The SMILES string of the molecule is Cn1c(C(F)(F)F)nc2nc(Nc3ccccc3F)c(Cc3ccc(OC(F)(F)F)cc3)nc21. The lowest BCUT2D eigenvalue weighted by atomic mass is 10.1. The minimum absolute atomic E-state index is 0.00157. The number of imidazole rings is 1. The van der Waals surface area contributed by atoms with Crippen LogP contribution < -0.4 is 10.1 Å². The number of nitrogens with zero attached hydrogens (tertiary/aromatic N) is 4. The van der Waals surface area contributed by atoms with Gasteiger partial charge in [0, 0.05) is 13.5 Å². The second-order valence-electron chi connectivity index (χ2n) is 7.13. The first-order chi connectivity index (χ1) is 15.9. The van der Waals surface area contributed by atoms with Crippen LogP contribution in [0.5, 0.6) is 5.75 Å². The van der Waals surface area contributed by atoms with Crippen LogP contribution in [0.25, 0.3) is 11.3 Å². The number of rotatable bonds is 5. The maximum Gasteiger partial charge on any atom is 0.573 e. The van der Waals surface area contributed by atoms with Crippen molar-refractivity contribution in [2.45, 2.75) is 19.0 Å². The molecule has 34 heavy (non-hydrogen) atoms. The Balaban J connectivity index is 1.76. The van der Waals surface area contributed by atoms with E-state index in [9.17, 15) is 30.7 Å². The van der Waals surface area contributed by atoms with E-state index in [1.165, 1.54) is 30.3 Å². The van der Waals surface area contributed by atoms with Gasteiger partial charge in [0.15, 0.2) is 17.1 Å². The number of aryl methyl sites for hydroxylation is 1. The molecule has 178 valence electrons. The van der Waals surface area contributed by atoms with E-state index in [1.807, 2.05) is 0 Å². The van der Waals surface area contributed by atoms with Crippen LogP contribution in [-0.2, 0) is 19.6 Å². The second-order valence-corrected chi connectivity index (χ2v) is 7.13. The van der Waals surface area contributed by atoms with Gasteiger partial charge < -0.3 is 14.6 Å². The summed E-state index contributed by atoms with van der Waals surface area (Å²) in [5, 5.41) is 2.71. The maximum atomic E-state index is 14.2. The molecule has 0 spiro atoms. The van der Waals surface area contributed by atoms with Crippen molar-refractivity contribution < 1.29 is 35.5 Å². The van der Waals surface area contributed by atoms with E-state index < -0.39 is 29.9 Å². The molecule has 13 heteroatoms. The average molecular weight is 485 g/mol. The monoisotopic (exact) mass is 485 g/mol. The molecule has 0 amide bonds. The molecule has 2 heterocycles. The lowest BCUT2D eigenvalue weighted by Crippen LogP contribution is -2.17. The second kappa shape index (κ2) is 8.47. The molecule has 6 nitrogen and oxygen atoms in total. The molecule has 0 radical (unpaired) electrons. The van der Waals surface area contributed by atoms with Gasteiger partial charge in [-0.2, -0.15) is 13.2 Å². The largest absolute Gasteiger partial charge is 0.573 e. The smallest absolute Gasteiger partial charge is 0.406 e. The molecule has 0 saturated carbocycles. The van der Waals surface area contributed by atoms with Gasteiger partial charge in [-0.3, -0.25) is 0 Å². The van der Waals surface area contributed by atoms with Crippen molar-refractivity contribution >= 4 is 22.8 Å². The summed E-state index contributed by atoms with van der Waals surface area (Å²) >= 11 is 0. The molecule has 0 aliphatic rings. The van der Waals surface area contributed by atoms with Crippen LogP contribution in [0.1, 0.15) is 17.1 Å². The molecule has 0 bridgehead atoms. The van der Waals surface area contributed by atoms with Crippen LogP contribution in [0.15, 0.2) is 48.5 Å². The summed E-state index contributed by atoms with van der Waals surface area (Å²) < 4.78 is 95.8. The number of benzene rings is 2. The highest BCUT2D eigenvalue weighted by Crippen LogP contribution is 2.32. The van der Waals surface area contributed by atoms with E-state index in [0.29, 0.717) is 5.56 Å². The third kappa shape index (κ3) is 5.02. The van der Waals surface area contributed by atoms with Crippen LogP contribution >= 0.6 is 0 Å². The summed E-state index contributed by atoms with van der Waals surface area (Å²) in [4.78, 5) is 11.9. The van der Waals surface area contributed by atoms with E-state index in [0.717, 1.165) is 23.7 Å². The van der Waals surface area contributed by atoms with Gasteiger partial charge in [0.1, 0.15) is 11.6 Å². The van der Waals surface area contributed by atoms with Gasteiger partial charge in [-0.15, -0.1) is 13.2 Å². The number of nitrogens with one attached hydrogen (secondary N) is 1. The van der Waals surface area contributed by atoms with Crippen molar-refractivity contribution in [3.63, 3.8) is 0 Å². The van der Waals surface area contributed by atoms with Gasteiger partial charge in [0.2, 0.25) is 5.82 Å². The van der Waals surface area contributed by atoms with Gasteiger partial charge in [-0.05, 0) is 29.8 Å². The number of anilines is 2. The quantitative estimate of drug-likeness (QED) is 0.365. The lowest BCUT2D eigenvalue weighted by Gasteiger charge is -2.12. The Kier molecular flexibility index (Phi) is 5.79. The number of hydrogen-bond acceptors (Lipinski definition) is 5. The summed E-state index contributed by atoms with van der Waals surface area (Å²) in [6.45, 7) is 0. The Hall–Kier alpha value is -3.90. The topological polar surface area (TPSA) is 64.9 Å². The standard InChI is InChI=1S/C21H14F7N5O/c1-33-18-17(32-19(33)20(23,24)25)31-16(29-14-5-3-2-4-13(14)22)15(30-18)10-11-6-8-12(9-7-11)34-21(26,27)28/h2-9H,10H2,1H3,(H,29,31). The molecule has 0 unspecified atom stereocenters. The fourth-order valence-electron chi connectivity index (χ4n) is 3.20. The zero-order valence-corrected chi connectivity index (χ0v) is 17.2. The minimum Gasteiger partial charge on any atom is -0.406 e. The Morgan fingerprint density at radius 2 is 1.59 bits per heavy atom. The highest BCUT2D eigenvalue weighted by molar-refractivity contribution is 5.72. The molecule has 4 aromatic rings. The molecule has 2 aromatic heterocycles. The maximum absolute atomic E-state index is 14.2. The van der Waals surface area contributed by atoms with Crippen molar-refractivity contribution in [1.29, 1.82) is 0 Å². The third-order valence-electron chi connectivity index (χ3n) is 4.69. The predicted octanol–water partition coefficient (Wildman–Crippen LogP) is 5.75. The summed E-state index contributed by atoms with van der Waals surface area (Å²) in [7, 11) is 1.13. The molecule has 0 aliphatic carbocycles. The van der Waals surface area contributed by atoms with E-state index in [1.54, 1.807) is 6.07 Å². The summed E-state index contributed by atoms with van der Waals surface area (Å²) in [5.74, 6) is -2.35. The zero-order chi connectivity index (χ0) is 24.7. The number of alkyl halides is 6. The highest BCUT2D eigenvalue weighted by atomic mass is 19.4. The number of ether oxygens (including phenoxy) is 1. The highest BCUT2D eigenvalue weighted by Gasteiger charge is 2.37. The molecular weight excluding hydrogens is 471 g/mol. The minimum atomic E-state index is -4.86. The van der Waals surface area contributed by atoms with Crippen LogP contribution in [0.4, 0.5) is 42.2 Å². The normalized spacial score (nSPS) is 12.2. The fourth-order valence-corrected chi connectivity index (χ4v) is 3.20. The van der Waals surface area contributed by atoms with Crippen molar-refractivity contribution in [2.75, 3.05) is 5.32 Å². The lowest BCUT2D eigenvalue weighted by molar-refractivity contribution is -0.274. The van der Waals surface area contributed by atoms with E-state index >= 15 is 0 Å². The van der Waals surface area contributed by atoms with Gasteiger partial charge >= 0.3 is 12.5 Å². The van der Waals surface area contributed by atoms with Gasteiger partial charge in [-0.25, -0.2) is 19.3 Å². The molecule has 2 aromatic carbocycles. The Bertz CT molecular complexity index is 1330. The molecule has 0 atom stereocenters. The fraction of sp³-hybridized carbons (Fsp3) is 0.190. The van der Waals surface area contributed by atoms with Crippen LogP contribution in [-0.4, -0.2) is 25.9 Å². The first-order valence-electron chi connectivity index (χ1n) is 9.57. The average Bonchev–Trinajstić information content (AvgIpc) is 3.06. The van der Waals surface area contributed by atoms with Crippen molar-refractivity contribution in [2.24, 2.45) is 7.05 Å². The molecule has 0 saturated heterocycles. The van der Waals surface area contributed by atoms with Crippen LogP contribution in [0.2, 0.25) is 0 Å². The van der Waals surface area contributed by atoms with Crippen molar-refractivity contribution in [1.82, 2.24) is 19.5 Å². The molecule has 0 aliphatic heterocycles. The summed E-state index contributed by atoms with van der Waals surface area (Å²) in [6, 6.07) is 10.4. The third-order valence-corrected chi connectivity index (χ3v) is 4.69. The number of hydrogen-bond donors (Lipinski definition) is 1. The molecule has 0 fully saturated rings. The summed E-state index contributed by atoms with van der Waals surface area (Å²) in [6.07, 6.45) is -9.66. The van der Waals surface area contributed by atoms with Gasteiger partial charge in [0.05, 0.1) is 11.4 Å².